The third-order valence-corrected chi connectivity index (χ3v) is 4.95. The molecule has 0 heterocycles. The van der Waals surface area contributed by atoms with Gasteiger partial charge < -0.3 is 20.1 Å². The summed E-state index contributed by atoms with van der Waals surface area (Å²) in [6, 6.07) is 7.74. The summed E-state index contributed by atoms with van der Waals surface area (Å²) in [5.41, 5.74) is 0. The maximum atomic E-state index is 11.8. The molecule has 1 aliphatic rings. The standard InChI is InChI=1S/C20H30ClN3O3.HI/c1-4-26-19(25)15-9-11-16(12-10-15)24-20(22-3)23-13-14(2)27-18-8-6-5-7-17(18)21;/h5-8,14-16H,4,9-13H2,1-3H3,(H2,22,23,24);1H. The summed E-state index contributed by atoms with van der Waals surface area (Å²) in [7, 11) is 1.75. The van der Waals surface area contributed by atoms with Crippen LogP contribution in [0.2, 0.25) is 5.02 Å². The minimum atomic E-state index is -0.0667. The predicted octanol–water partition coefficient (Wildman–Crippen LogP) is 4.01. The van der Waals surface area contributed by atoms with Gasteiger partial charge in [0.25, 0.3) is 0 Å². The van der Waals surface area contributed by atoms with Crippen molar-refractivity contribution in [2.45, 2.75) is 51.7 Å². The summed E-state index contributed by atoms with van der Waals surface area (Å²) in [5, 5.41) is 7.32. The fourth-order valence-electron chi connectivity index (χ4n) is 3.16. The van der Waals surface area contributed by atoms with Crippen LogP contribution in [0.3, 0.4) is 0 Å². The van der Waals surface area contributed by atoms with Crippen LogP contribution >= 0.6 is 35.6 Å². The van der Waals surface area contributed by atoms with Gasteiger partial charge in [-0.1, -0.05) is 23.7 Å². The molecule has 0 spiro atoms. The lowest BCUT2D eigenvalue weighted by molar-refractivity contribution is -0.149. The van der Waals surface area contributed by atoms with Gasteiger partial charge in [0, 0.05) is 13.1 Å². The quantitative estimate of drug-likeness (QED) is 0.245. The van der Waals surface area contributed by atoms with E-state index in [1.807, 2.05) is 38.1 Å². The highest BCUT2D eigenvalue weighted by Crippen LogP contribution is 2.25. The molecule has 1 aromatic rings. The third-order valence-electron chi connectivity index (χ3n) is 4.63. The molecule has 2 N–H and O–H groups in total. The van der Waals surface area contributed by atoms with E-state index in [0.717, 1.165) is 31.6 Å². The number of benzene rings is 1. The average Bonchev–Trinajstić information content (AvgIpc) is 2.67. The number of esters is 1. The maximum Gasteiger partial charge on any atom is 0.308 e. The summed E-state index contributed by atoms with van der Waals surface area (Å²) in [6.45, 7) is 4.87. The topological polar surface area (TPSA) is 72.0 Å². The van der Waals surface area contributed by atoms with Crippen molar-refractivity contribution in [3.63, 3.8) is 0 Å². The van der Waals surface area contributed by atoms with Gasteiger partial charge in [0.05, 0.1) is 24.1 Å². The van der Waals surface area contributed by atoms with Crippen molar-refractivity contribution >= 4 is 47.5 Å². The van der Waals surface area contributed by atoms with Gasteiger partial charge in [-0.25, -0.2) is 0 Å². The van der Waals surface area contributed by atoms with Crippen molar-refractivity contribution in [2.24, 2.45) is 10.9 Å². The zero-order chi connectivity index (χ0) is 19.6. The van der Waals surface area contributed by atoms with E-state index in [4.69, 9.17) is 21.1 Å². The Morgan fingerprint density at radius 3 is 2.57 bits per heavy atom. The molecule has 0 amide bonds. The molecule has 158 valence electrons. The Bertz CT molecular complexity index is 637. The number of para-hydroxylation sites is 1. The number of hydrogen-bond acceptors (Lipinski definition) is 4. The molecule has 0 saturated heterocycles. The molecule has 1 fully saturated rings. The number of carbonyl (C=O) groups is 1. The van der Waals surface area contributed by atoms with E-state index in [-0.39, 0.29) is 42.0 Å². The molecule has 0 bridgehead atoms. The predicted molar refractivity (Wildman–Crippen MR) is 124 cm³/mol. The van der Waals surface area contributed by atoms with Crippen LogP contribution in [-0.4, -0.2) is 44.3 Å². The summed E-state index contributed by atoms with van der Waals surface area (Å²) >= 11 is 6.13. The van der Waals surface area contributed by atoms with Crippen molar-refractivity contribution in [1.82, 2.24) is 10.6 Å². The van der Waals surface area contributed by atoms with Gasteiger partial charge in [-0.2, -0.15) is 0 Å². The average molecular weight is 524 g/mol. The van der Waals surface area contributed by atoms with E-state index in [9.17, 15) is 4.79 Å². The Balaban J connectivity index is 0.00000392. The van der Waals surface area contributed by atoms with Crippen LogP contribution in [0.4, 0.5) is 0 Å². The van der Waals surface area contributed by atoms with Crippen LogP contribution in [0, 0.1) is 5.92 Å². The number of carbonyl (C=O) groups excluding carboxylic acids is 1. The van der Waals surface area contributed by atoms with Crippen molar-refractivity contribution in [3.8, 4) is 5.75 Å². The molecule has 8 heteroatoms. The van der Waals surface area contributed by atoms with Gasteiger partial charge in [0.2, 0.25) is 0 Å². The van der Waals surface area contributed by atoms with Gasteiger partial charge >= 0.3 is 5.97 Å². The number of halogens is 2. The first-order chi connectivity index (χ1) is 13.0. The largest absolute Gasteiger partial charge is 0.487 e. The maximum absolute atomic E-state index is 11.8. The molecule has 1 aromatic carbocycles. The van der Waals surface area contributed by atoms with E-state index in [0.29, 0.717) is 30.0 Å². The molecule has 2 rings (SSSR count). The second-order valence-corrected chi connectivity index (χ2v) is 7.16. The van der Waals surface area contributed by atoms with Crippen molar-refractivity contribution in [3.05, 3.63) is 29.3 Å². The second-order valence-electron chi connectivity index (χ2n) is 6.76. The fraction of sp³-hybridized carbons (Fsp3) is 0.600. The van der Waals surface area contributed by atoms with E-state index in [1.165, 1.54) is 0 Å². The Hall–Kier alpha value is -1.22. The van der Waals surface area contributed by atoms with Gasteiger partial charge in [-0.15, -0.1) is 24.0 Å². The number of nitrogens with zero attached hydrogens (tertiary/aromatic N) is 1. The third kappa shape index (κ3) is 8.03. The minimum Gasteiger partial charge on any atom is -0.487 e. The Kier molecular flexibility index (Phi) is 11.6. The molecule has 28 heavy (non-hydrogen) atoms. The van der Waals surface area contributed by atoms with E-state index in [2.05, 4.69) is 15.6 Å². The van der Waals surface area contributed by atoms with E-state index < -0.39 is 0 Å². The highest BCUT2D eigenvalue weighted by molar-refractivity contribution is 14.0. The molecule has 0 aliphatic heterocycles. The molecule has 1 saturated carbocycles. The van der Waals surface area contributed by atoms with Crippen molar-refractivity contribution in [1.29, 1.82) is 0 Å². The van der Waals surface area contributed by atoms with E-state index in [1.54, 1.807) is 7.05 Å². The van der Waals surface area contributed by atoms with Gasteiger partial charge in [-0.3, -0.25) is 9.79 Å². The lowest BCUT2D eigenvalue weighted by atomic mass is 9.86. The van der Waals surface area contributed by atoms with Gasteiger partial charge in [0.1, 0.15) is 11.9 Å². The molecular weight excluding hydrogens is 493 g/mol. The summed E-state index contributed by atoms with van der Waals surface area (Å²) in [6.07, 6.45) is 3.48. The Labute approximate surface area is 189 Å². The number of ether oxygens (including phenoxy) is 2. The first kappa shape index (κ1) is 24.8. The number of aliphatic imine (C=N–C) groups is 1. The number of nitrogens with one attached hydrogen (secondary N) is 2. The van der Waals surface area contributed by atoms with Crippen LogP contribution in [0.15, 0.2) is 29.3 Å². The van der Waals surface area contributed by atoms with Gasteiger partial charge in [0.15, 0.2) is 5.96 Å². The van der Waals surface area contributed by atoms with Crippen molar-refractivity contribution in [2.75, 3.05) is 20.2 Å². The number of guanidine groups is 1. The molecule has 1 atom stereocenters. The zero-order valence-corrected chi connectivity index (χ0v) is 19.8. The minimum absolute atomic E-state index is 0. The smallest absolute Gasteiger partial charge is 0.308 e. The second kappa shape index (κ2) is 13.1. The Morgan fingerprint density at radius 2 is 1.96 bits per heavy atom. The normalized spacial score (nSPS) is 20.5. The van der Waals surface area contributed by atoms with Crippen molar-refractivity contribution < 1.29 is 14.3 Å². The first-order valence-corrected chi connectivity index (χ1v) is 9.96. The summed E-state index contributed by atoms with van der Waals surface area (Å²) < 4.78 is 11.0. The number of hydrogen-bond donors (Lipinski definition) is 2. The van der Waals surface area contributed by atoms with Crippen LogP contribution in [0.5, 0.6) is 5.75 Å². The SMILES string of the molecule is CCOC(=O)C1CCC(NC(=NC)NCC(C)Oc2ccccc2Cl)CC1.I. The lowest BCUT2D eigenvalue weighted by Gasteiger charge is -2.29. The summed E-state index contributed by atoms with van der Waals surface area (Å²) in [5.74, 6) is 1.38. The monoisotopic (exact) mass is 523 g/mol. The van der Waals surface area contributed by atoms with Crippen LogP contribution in [0.1, 0.15) is 39.5 Å². The molecular formula is C20H31ClIN3O3. The van der Waals surface area contributed by atoms with Gasteiger partial charge in [-0.05, 0) is 51.7 Å². The zero-order valence-electron chi connectivity index (χ0n) is 16.7. The van der Waals surface area contributed by atoms with Crippen LogP contribution < -0.4 is 15.4 Å². The highest BCUT2D eigenvalue weighted by Gasteiger charge is 2.27. The molecule has 0 aromatic heterocycles. The lowest BCUT2D eigenvalue weighted by Crippen LogP contribution is -2.47. The van der Waals surface area contributed by atoms with Crippen LogP contribution in [0.25, 0.3) is 0 Å². The molecule has 6 nitrogen and oxygen atoms in total. The van der Waals surface area contributed by atoms with Crippen LogP contribution in [-0.2, 0) is 9.53 Å². The summed E-state index contributed by atoms with van der Waals surface area (Å²) in [4.78, 5) is 16.1. The fourth-order valence-corrected chi connectivity index (χ4v) is 3.34. The molecule has 0 radical (unpaired) electrons. The molecule has 1 unspecified atom stereocenters. The highest BCUT2D eigenvalue weighted by atomic mass is 127. The first-order valence-electron chi connectivity index (χ1n) is 9.58. The molecule has 1 aliphatic carbocycles. The number of rotatable bonds is 7. The van der Waals surface area contributed by atoms with E-state index >= 15 is 0 Å². The Morgan fingerprint density at radius 1 is 1.29 bits per heavy atom.